The number of hydrogen-bond acceptors (Lipinski definition) is 5. The van der Waals surface area contributed by atoms with Crippen LogP contribution in [0.2, 0.25) is 0 Å². The number of pyridine rings is 1. The normalized spacial score (nSPS) is 20.3. The Balaban J connectivity index is 1.57. The zero-order chi connectivity index (χ0) is 24.1. The second kappa shape index (κ2) is 11.6. The predicted molar refractivity (Wildman–Crippen MR) is 137 cm³/mol. The smallest absolute Gasteiger partial charge is 0.250 e. The number of thioether (sulfide) groups is 1. The second-order valence-corrected chi connectivity index (χ2v) is 10.4. The SMILES string of the molecule is COCCCc1ccc(SC)c(CN(C(=O)[C@@H]2CNCC[C@H]2c2ccn(C)c(=O)c2)C2CC2)c1. The van der Waals surface area contributed by atoms with Crippen LogP contribution in [0.25, 0.3) is 0 Å². The molecule has 2 aromatic rings. The van der Waals surface area contributed by atoms with Crippen molar-refractivity contribution in [2.45, 2.75) is 55.5 Å². The van der Waals surface area contributed by atoms with E-state index in [-0.39, 0.29) is 23.3 Å². The molecular formula is C27H37N3O3S. The van der Waals surface area contributed by atoms with Crippen LogP contribution in [-0.2, 0) is 29.5 Å². The number of aryl methyl sites for hydroxylation is 2. The van der Waals surface area contributed by atoms with Gasteiger partial charge in [-0.3, -0.25) is 9.59 Å². The molecule has 1 aromatic heterocycles. The first-order valence-corrected chi connectivity index (χ1v) is 13.6. The lowest BCUT2D eigenvalue weighted by molar-refractivity contribution is -0.138. The van der Waals surface area contributed by atoms with Crippen LogP contribution in [0.4, 0.5) is 0 Å². The lowest BCUT2D eigenvalue weighted by atomic mass is 9.80. The molecule has 0 radical (unpaired) electrons. The third-order valence-corrected chi connectivity index (χ3v) is 7.96. The van der Waals surface area contributed by atoms with Crippen LogP contribution in [0.15, 0.2) is 46.2 Å². The average Bonchev–Trinajstić information content (AvgIpc) is 3.69. The molecule has 2 fully saturated rings. The summed E-state index contributed by atoms with van der Waals surface area (Å²) in [6, 6.07) is 10.7. The molecule has 2 atom stereocenters. The van der Waals surface area contributed by atoms with Gasteiger partial charge in [0.2, 0.25) is 5.91 Å². The van der Waals surface area contributed by atoms with E-state index in [1.807, 2.05) is 12.3 Å². The summed E-state index contributed by atoms with van der Waals surface area (Å²) in [6.07, 6.45) is 8.90. The Morgan fingerprint density at radius 2 is 2.06 bits per heavy atom. The third-order valence-electron chi connectivity index (χ3n) is 7.13. The van der Waals surface area contributed by atoms with E-state index >= 15 is 0 Å². The number of carbonyl (C=O) groups excluding carboxylic acids is 1. The van der Waals surface area contributed by atoms with Crippen LogP contribution in [-0.4, -0.2) is 54.5 Å². The highest BCUT2D eigenvalue weighted by Crippen LogP contribution is 2.36. The molecule has 34 heavy (non-hydrogen) atoms. The Kier molecular flexibility index (Phi) is 8.51. The van der Waals surface area contributed by atoms with E-state index < -0.39 is 0 Å². The van der Waals surface area contributed by atoms with Crippen molar-refractivity contribution in [1.29, 1.82) is 0 Å². The van der Waals surface area contributed by atoms with Crippen molar-refractivity contribution in [3.8, 4) is 0 Å². The molecule has 1 aliphatic heterocycles. The molecule has 1 aromatic carbocycles. The first-order valence-electron chi connectivity index (χ1n) is 12.3. The highest BCUT2D eigenvalue weighted by molar-refractivity contribution is 7.98. The molecule has 6 nitrogen and oxygen atoms in total. The van der Waals surface area contributed by atoms with Crippen LogP contribution in [0.5, 0.6) is 0 Å². The Morgan fingerprint density at radius 1 is 1.24 bits per heavy atom. The first-order chi connectivity index (χ1) is 16.5. The van der Waals surface area contributed by atoms with Crippen molar-refractivity contribution < 1.29 is 9.53 Å². The van der Waals surface area contributed by atoms with Crippen molar-refractivity contribution in [3.63, 3.8) is 0 Å². The van der Waals surface area contributed by atoms with Gasteiger partial charge in [0.05, 0.1) is 5.92 Å². The summed E-state index contributed by atoms with van der Waals surface area (Å²) in [7, 11) is 3.50. The van der Waals surface area contributed by atoms with Crippen LogP contribution in [0.1, 0.15) is 48.3 Å². The molecule has 2 heterocycles. The second-order valence-electron chi connectivity index (χ2n) is 9.55. The van der Waals surface area contributed by atoms with Gasteiger partial charge >= 0.3 is 0 Å². The number of nitrogens with zero attached hydrogens (tertiary/aromatic N) is 2. The maximum Gasteiger partial charge on any atom is 0.250 e. The van der Waals surface area contributed by atoms with Gasteiger partial charge in [0.1, 0.15) is 0 Å². The maximum absolute atomic E-state index is 14.0. The maximum atomic E-state index is 14.0. The van der Waals surface area contributed by atoms with Gasteiger partial charge in [-0.25, -0.2) is 0 Å². The van der Waals surface area contributed by atoms with E-state index in [0.29, 0.717) is 19.1 Å². The Labute approximate surface area is 207 Å². The summed E-state index contributed by atoms with van der Waals surface area (Å²) in [6.45, 7) is 2.93. The Bertz CT molecular complexity index is 1050. The Hall–Kier alpha value is -2.09. The van der Waals surface area contributed by atoms with E-state index in [1.165, 1.54) is 16.0 Å². The van der Waals surface area contributed by atoms with Crippen molar-refractivity contribution >= 4 is 17.7 Å². The van der Waals surface area contributed by atoms with Crippen LogP contribution in [0, 0.1) is 5.92 Å². The lowest BCUT2D eigenvalue weighted by Gasteiger charge is -2.36. The molecule has 1 saturated heterocycles. The number of aromatic nitrogens is 1. The number of ether oxygens (including phenoxy) is 1. The zero-order valence-corrected chi connectivity index (χ0v) is 21.4. The number of nitrogens with one attached hydrogen (secondary N) is 1. The summed E-state index contributed by atoms with van der Waals surface area (Å²) in [5.41, 5.74) is 3.50. The minimum atomic E-state index is -0.149. The number of methoxy groups -OCH3 is 1. The van der Waals surface area contributed by atoms with Gasteiger partial charge in [-0.05, 0) is 79.6 Å². The molecule has 1 N–H and O–H groups in total. The summed E-state index contributed by atoms with van der Waals surface area (Å²) >= 11 is 1.74. The molecule has 0 spiro atoms. The molecule has 1 aliphatic carbocycles. The van der Waals surface area contributed by atoms with E-state index in [2.05, 4.69) is 34.7 Å². The minimum Gasteiger partial charge on any atom is -0.385 e. The monoisotopic (exact) mass is 483 g/mol. The van der Waals surface area contributed by atoms with Gasteiger partial charge in [-0.2, -0.15) is 0 Å². The van der Waals surface area contributed by atoms with Crippen molar-refractivity contribution in [2.24, 2.45) is 13.0 Å². The highest BCUT2D eigenvalue weighted by atomic mass is 32.2. The highest BCUT2D eigenvalue weighted by Gasteiger charge is 2.40. The van der Waals surface area contributed by atoms with Crippen LogP contribution >= 0.6 is 11.8 Å². The molecule has 184 valence electrons. The largest absolute Gasteiger partial charge is 0.385 e. The van der Waals surface area contributed by atoms with Gasteiger partial charge in [-0.15, -0.1) is 11.8 Å². The van der Waals surface area contributed by atoms with E-state index in [0.717, 1.165) is 50.8 Å². The van der Waals surface area contributed by atoms with Gasteiger partial charge in [0.25, 0.3) is 5.56 Å². The van der Waals surface area contributed by atoms with Crippen LogP contribution in [0.3, 0.4) is 0 Å². The zero-order valence-electron chi connectivity index (χ0n) is 20.6. The fourth-order valence-electron chi connectivity index (χ4n) is 5.01. The lowest BCUT2D eigenvalue weighted by Crippen LogP contribution is -2.47. The number of rotatable bonds is 10. The molecule has 4 rings (SSSR count). The quantitative estimate of drug-likeness (QED) is 0.414. The molecule has 0 unspecified atom stereocenters. The molecule has 1 amide bonds. The molecule has 1 saturated carbocycles. The van der Waals surface area contributed by atoms with Crippen molar-refractivity contribution in [2.75, 3.05) is 33.1 Å². The summed E-state index contributed by atoms with van der Waals surface area (Å²) in [5, 5.41) is 3.43. The Morgan fingerprint density at radius 3 is 2.76 bits per heavy atom. The van der Waals surface area contributed by atoms with Gasteiger partial charge in [-0.1, -0.05) is 12.1 Å². The van der Waals surface area contributed by atoms with E-state index in [1.54, 1.807) is 36.6 Å². The molecule has 0 bridgehead atoms. The summed E-state index contributed by atoms with van der Waals surface area (Å²) in [5.74, 6) is 0.144. The molecular weight excluding hydrogens is 446 g/mol. The van der Waals surface area contributed by atoms with Gasteiger partial charge in [0.15, 0.2) is 0 Å². The fourth-order valence-corrected chi connectivity index (χ4v) is 5.60. The topological polar surface area (TPSA) is 63.6 Å². The number of amides is 1. The average molecular weight is 484 g/mol. The van der Waals surface area contributed by atoms with Gasteiger partial charge < -0.3 is 19.5 Å². The predicted octanol–water partition coefficient (Wildman–Crippen LogP) is 3.57. The number of carbonyl (C=O) groups is 1. The molecule has 7 heteroatoms. The first kappa shape index (κ1) is 25.0. The summed E-state index contributed by atoms with van der Waals surface area (Å²) < 4.78 is 6.80. The van der Waals surface area contributed by atoms with E-state index in [4.69, 9.17) is 4.74 Å². The third kappa shape index (κ3) is 5.93. The number of benzene rings is 1. The summed E-state index contributed by atoms with van der Waals surface area (Å²) in [4.78, 5) is 29.6. The molecule has 2 aliphatic rings. The number of hydrogen-bond donors (Lipinski definition) is 1. The number of piperidine rings is 1. The standard InChI is InChI=1S/C27H37N3O3S/c1-29-13-11-20(16-26(29)31)23-10-12-28-17-24(23)27(32)30(22-7-8-22)18-21-15-19(5-4-14-33-2)6-9-25(21)34-3/h6,9,11,13,15-16,22-24,28H,4-5,7-8,10,12,14,17-18H2,1-3H3/t23-,24+/m0/s1. The van der Waals surface area contributed by atoms with Crippen LogP contribution < -0.4 is 10.9 Å². The van der Waals surface area contributed by atoms with Crippen molar-refractivity contribution in [1.82, 2.24) is 14.8 Å². The van der Waals surface area contributed by atoms with Crippen molar-refractivity contribution in [3.05, 3.63) is 63.6 Å². The van der Waals surface area contributed by atoms with Gasteiger partial charge in [0, 0.05) is 57.1 Å². The minimum absolute atomic E-state index is 0.0174. The van der Waals surface area contributed by atoms with E-state index in [9.17, 15) is 9.59 Å². The fraction of sp³-hybridized carbons (Fsp3) is 0.556.